The zero-order chi connectivity index (χ0) is 29.7. The molecule has 2 aromatic heterocycles. The van der Waals surface area contributed by atoms with Crippen LogP contribution in [0.15, 0.2) is 54.9 Å². The van der Waals surface area contributed by atoms with E-state index in [0.29, 0.717) is 36.2 Å². The number of carbonyl (C=O) groups excluding carboxylic acids is 1. The quantitative estimate of drug-likeness (QED) is 0.245. The predicted molar refractivity (Wildman–Crippen MR) is 152 cm³/mol. The van der Waals surface area contributed by atoms with Crippen LogP contribution in [0.4, 0.5) is 36.1 Å². The number of amides is 1. The van der Waals surface area contributed by atoms with Gasteiger partial charge in [-0.15, -0.1) is 0 Å². The summed E-state index contributed by atoms with van der Waals surface area (Å²) in [5.41, 5.74) is 2.85. The fraction of sp³-hybridized carbons (Fsp3) is 0.310. The van der Waals surface area contributed by atoms with Crippen molar-refractivity contribution in [2.24, 2.45) is 0 Å². The molecule has 0 radical (unpaired) electrons. The summed E-state index contributed by atoms with van der Waals surface area (Å²) in [6.45, 7) is 6.45. The van der Waals surface area contributed by atoms with Crippen molar-refractivity contribution in [2.75, 3.05) is 42.8 Å². The molecular formula is C29H32F3N7O2. The van der Waals surface area contributed by atoms with Crippen molar-refractivity contribution < 1.29 is 22.7 Å². The Morgan fingerprint density at radius 3 is 2.56 bits per heavy atom. The van der Waals surface area contributed by atoms with Gasteiger partial charge in [0.05, 0.1) is 17.9 Å². The van der Waals surface area contributed by atoms with E-state index in [1.165, 1.54) is 19.5 Å². The van der Waals surface area contributed by atoms with Crippen LogP contribution in [-0.2, 0) is 17.3 Å². The lowest BCUT2D eigenvalue weighted by atomic mass is 10.1. The van der Waals surface area contributed by atoms with Crippen LogP contribution < -0.4 is 15.5 Å². The Morgan fingerprint density at radius 1 is 1.07 bits per heavy atom. The molecule has 0 bridgehead atoms. The third kappa shape index (κ3) is 7.20. The maximum Gasteiger partial charge on any atom is 0.416 e. The lowest BCUT2D eigenvalue weighted by molar-refractivity contribution is -0.137. The van der Waals surface area contributed by atoms with Gasteiger partial charge in [-0.2, -0.15) is 23.0 Å². The summed E-state index contributed by atoms with van der Waals surface area (Å²) in [5, 5.41) is 10.5. The third-order valence-electron chi connectivity index (χ3n) is 6.46. The summed E-state index contributed by atoms with van der Waals surface area (Å²) < 4.78 is 47.6. The highest BCUT2D eigenvalue weighted by atomic mass is 19.4. The fourth-order valence-electron chi connectivity index (χ4n) is 4.12. The Bertz CT molecular complexity index is 1540. The topological polar surface area (TPSA) is 97.2 Å². The van der Waals surface area contributed by atoms with E-state index in [2.05, 4.69) is 25.7 Å². The number of alkyl halides is 3. The number of benzene rings is 2. The second-order valence-electron chi connectivity index (χ2n) is 9.59. The summed E-state index contributed by atoms with van der Waals surface area (Å²) in [6, 6.07) is 12.2. The summed E-state index contributed by atoms with van der Waals surface area (Å²) in [7, 11) is 3.18. The first-order chi connectivity index (χ1) is 19.5. The predicted octanol–water partition coefficient (Wildman–Crippen LogP) is 5.94. The first kappa shape index (κ1) is 29.5. The van der Waals surface area contributed by atoms with E-state index in [4.69, 9.17) is 4.74 Å². The molecule has 12 heteroatoms. The number of hydrogen-bond acceptors (Lipinski definition) is 7. The van der Waals surface area contributed by atoms with E-state index in [0.717, 1.165) is 35.5 Å². The largest absolute Gasteiger partial charge is 0.416 e. The van der Waals surface area contributed by atoms with Crippen LogP contribution in [-0.4, -0.2) is 53.0 Å². The molecular weight excluding hydrogens is 535 g/mol. The van der Waals surface area contributed by atoms with E-state index >= 15 is 0 Å². The van der Waals surface area contributed by atoms with Gasteiger partial charge in [0, 0.05) is 61.2 Å². The molecule has 2 N–H and O–H groups in total. The van der Waals surface area contributed by atoms with Crippen molar-refractivity contribution >= 4 is 28.8 Å². The van der Waals surface area contributed by atoms with Gasteiger partial charge in [0.1, 0.15) is 12.1 Å². The number of carbonyl (C=O) groups is 1. The normalized spacial score (nSPS) is 11.4. The second-order valence-corrected chi connectivity index (χ2v) is 9.59. The smallest absolute Gasteiger partial charge is 0.383 e. The molecule has 4 aromatic rings. The lowest BCUT2D eigenvalue weighted by Gasteiger charge is -2.21. The number of rotatable bonds is 10. The van der Waals surface area contributed by atoms with Crippen molar-refractivity contribution in [1.82, 2.24) is 19.7 Å². The Labute approximate surface area is 236 Å². The summed E-state index contributed by atoms with van der Waals surface area (Å²) in [4.78, 5) is 23.4. The summed E-state index contributed by atoms with van der Waals surface area (Å²) in [5.74, 6) is 0.672. The van der Waals surface area contributed by atoms with Gasteiger partial charge >= 0.3 is 6.18 Å². The molecule has 0 aliphatic rings. The van der Waals surface area contributed by atoms with Crippen molar-refractivity contribution in [1.29, 1.82) is 0 Å². The minimum absolute atomic E-state index is 0.0309. The Kier molecular flexibility index (Phi) is 8.92. The zero-order valence-electron chi connectivity index (χ0n) is 23.5. The van der Waals surface area contributed by atoms with Crippen LogP contribution in [0.1, 0.15) is 39.8 Å². The van der Waals surface area contributed by atoms with Crippen molar-refractivity contribution in [2.45, 2.75) is 33.4 Å². The first-order valence-electron chi connectivity index (χ1n) is 13.0. The average Bonchev–Trinajstić information content (AvgIpc) is 3.31. The average molecular weight is 568 g/mol. The van der Waals surface area contributed by atoms with Crippen LogP contribution in [0.3, 0.4) is 0 Å². The molecule has 0 saturated heterocycles. The number of halogens is 3. The monoisotopic (exact) mass is 567 g/mol. The molecule has 0 fully saturated rings. The molecule has 0 spiro atoms. The van der Waals surface area contributed by atoms with E-state index < -0.39 is 17.6 Å². The van der Waals surface area contributed by atoms with E-state index in [9.17, 15) is 18.0 Å². The van der Waals surface area contributed by atoms with Gasteiger partial charge in [-0.05, 0) is 56.2 Å². The van der Waals surface area contributed by atoms with Crippen LogP contribution >= 0.6 is 0 Å². The maximum atomic E-state index is 13.6. The van der Waals surface area contributed by atoms with Crippen LogP contribution in [0.25, 0.3) is 5.82 Å². The highest BCUT2D eigenvalue weighted by Gasteiger charge is 2.32. The molecule has 2 aromatic carbocycles. The zero-order valence-corrected chi connectivity index (χ0v) is 23.5. The number of likely N-dealkylation sites (N-methyl/N-ethyl adjacent to an activating group) is 1. The van der Waals surface area contributed by atoms with Gasteiger partial charge in [0.15, 0.2) is 5.82 Å². The number of nitrogens with zero attached hydrogens (tertiary/aromatic N) is 5. The van der Waals surface area contributed by atoms with Crippen molar-refractivity contribution in [3.05, 3.63) is 82.9 Å². The first-order valence-corrected chi connectivity index (χ1v) is 13.0. The number of aryl methyl sites for hydroxylation is 3. The van der Waals surface area contributed by atoms with E-state index in [1.807, 2.05) is 32.9 Å². The number of hydrogen-bond donors (Lipinski definition) is 2. The number of ether oxygens (including phenoxy) is 1. The molecule has 9 nitrogen and oxygen atoms in total. The van der Waals surface area contributed by atoms with Crippen LogP contribution in [0.5, 0.6) is 0 Å². The van der Waals surface area contributed by atoms with Crippen molar-refractivity contribution in [3.8, 4) is 5.82 Å². The Balaban J connectivity index is 1.61. The van der Waals surface area contributed by atoms with Gasteiger partial charge < -0.3 is 20.3 Å². The van der Waals surface area contributed by atoms with Crippen LogP contribution in [0.2, 0.25) is 0 Å². The standard InChI is InChI=1S/C29H32F3N7O2/c1-6-22-16-26(34-17-33-22)39-27(11-19(3)37-39)36-25-12-20(8-7-18(25)2)28(40)35-23-13-21(29(30,31)32)14-24(15-23)38(4)9-10-41-5/h7-8,11-17,36H,6,9-10H2,1-5H3,(H,35,40). The molecule has 0 atom stereocenters. The molecule has 2 heterocycles. The third-order valence-corrected chi connectivity index (χ3v) is 6.46. The number of anilines is 4. The number of nitrogens with one attached hydrogen (secondary N) is 2. The van der Waals surface area contributed by atoms with Gasteiger partial charge in [-0.3, -0.25) is 4.79 Å². The molecule has 0 aliphatic heterocycles. The Morgan fingerprint density at radius 2 is 1.85 bits per heavy atom. The van der Waals surface area contributed by atoms with E-state index in [1.54, 1.807) is 34.8 Å². The Hall–Kier alpha value is -4.45. The highest BCUT2D eigenvalue weighted by molar-refractivity contribution is 6.05. The molecule has 0 aliphatic carbocycles. The number of methoxy groups -OCH3 is 1. The lowest BCUT2D eigenvalue weighted by Crippen LogP contribution is -2.23. The second kappa shape index (κ2) is 12.4. The van der Waals surface area contributed by atoms with E-state index in [-0.39, 0.29) is 11.3 Å². The molecule has 41 heavy (non-hydrogen) atoms. The minimum Gasteiger partial charge on any atom is -0.383 e. The minimum atomic E-state index is -4.58. The SMILES string of the molecule is CCc1cc(-n2nc(C)cc2Nc2cc(C(=O)Nc3cc(N(C)CCOC)cc(C(F)(F)F)c3)ccc2C)ncn1. The molecule has 0 unspecified atom stereocenters. The van der Waals surface area contributed by atoms with Gasteiger partial charge in [-0.1, -0.05) is 13.0 Å². The molecule has 0 saturated carbocycles. The van der Waals surface area contributed by atoms with Crippen LogP contribution in [0, 0.1) is 13.8 Å². The van der Waals surface area contributed by atoms with Crippen molar-refractivity contribution in [3.63, 3.8) is 0 Å². The summed E-state index contributed by atoms with van der Waals surface area (Å²) in [6.07, 6.45) is -2.35. The molecule has 1 amide bonds. The molecule has 4 rings (SSSR count). The van der Waals surface area contributed by atoms with Gasteiger partial charge in [0.25, 0.3) is 5.91 Å². The number of aromatic nitrogens is 4. The fourth-order valence-corrected chi connectivity index (χ4v) is 4.12. The summed E-state index contributed by atoms with van der Waals surface area (Å²) >= 11 is 0. The molecule has 216 valence electrons. The van der Waals surface area contributed by atoms with Gasteiger partial charge in [-0.25, -0.2) is 9.97 Å². The maximum absolute atomic E-state index is 13.6. The van der Waals surface area contributed by atoms with Gasteiger partial charge in [0.2, 0.25) is 0 Å². The highest BCUT2D eigenvalue weighted by Crippen LogP contribution is 2.34.